The molecule has 4 heteroatoms. The van der Waals surface area contributed by atoms with Gasteiger partial charge in [-0.15, -0.1) is 0 Å². The van der Waals surface area contributed by atoms with Crippen LogP contribution in [-0.4, -0.2) is 26.8 Å². The standard InChI is InChI=1S/C14H21NO2S/c1-12-4-2-5-13(10-12)11-18(16,17)14-6-3-8-15-9-7-14/h2,4-5,10,14-15H,3,6-9,11H2,1H3. The largest absolute Gasteiger partial charge is 0.317 e. The average Bonchev–Trinajstić information content (AvgIpc) is 2.57. The molecule has 1 aliphatic heterocycles. The fraction of sp³-hybridized carbons (Fsp3) is 0.571. The number of nitrogens with one attached hydrogen (secondary N) is 1. The van der Waals surface area contributed by atoms with Crippen molar-refractivity contribution in [3.05, 3.63) is 35.4 Å². The van der Waals surface area contributed by atoms with Crippen LogP contribution in [0.25, 0.3) is 0 Å². The number of benzene rings is 1. The lowest BCUT2D eigenvalue weighted by Gasteiger charge is -2.15. The summed E-state index contributed by atoms with van der Waals surface area (Å²) in [4.78, 5) is 0. The van der Waals surface area contributed by atoms with Crippen molar-refractivity contribution >= 4 is 9.84 Å². The summed E-state index contributed by atoms with van der Waals surface area (Å²) in [6, 6.07) is 7.78. The van der Waals surface area contributed by atoms with Gasteiger partial charge in [-0.25, -0.2) is 8.42 Å². The molecule has 2 rings (SSSR count). The normalized spacial score (nSPS) is 21.5. The summed E-state index contributed by atoms with van der Waals surface area (Å²) >= 11 is 0. The first kappa shape index (κ1) is 13.6. The van der Waals surface area contributed by atoms with Crippen molar-refractivity contribution in [2.45, 2.75) is 37.2 Å². The first-order valence-electron chi connectivity index (χ1n) is 6.56. The van der Waals surface area contributed by atoms with Crippen LogP contribution < -0.4 is 5.32 Å². The Morgan fingerprint density at radius 1 is 1.28 bits per heavy atom. The Morgan fingerprint density at radius 3 is 2.89 bits per heavy atom. The highest BCUT2D eigenvalue weighted by Crippen LogP contribution is 2.19. The highest BCUT2D eigenvalue weighted by molar-refractivity contribution is 7.91. The Labute approximate surface area is 110 Å². The second-order valence-corrected chi connectivity index (χ2v) is 7.38. The number of sulfone groups is 1. The van der Waals surface area contributed by atoms with Crippen molar-refractivity contribution in [2.75, 3.05) is 13.1 Å². The van der Waals surface area contributed by atoms with Crippen molar-refractivity contribution in [3.63, 3.8) is 0 Å². The van der Waals surface area contributed by atoms with Gasteiger partial charge < -0.3 is 5.32 Å². The van der Waals surface area contributed by atoms with E-state index in [1.165, 1.54) is 0 Å². The molecule has 0 amide bonds. The molecule has 0 saturated carbocycles. The van der Waals surface area contributed by atoms with E-state index in [0.29, 0.717) is 0 Å². The molecule has 0 radical (unpaired) electrons. The zero-order chi connectivity index (χ0) is 13.0. The monoisotopic (exact) mass is 267 g/mol. The van der Waals surface area contributed by atoms with Crippen LogP contribution in [0.1, 0.15) is 30.4 Å². The van der Waals surface area contributed by atoms with Gasteiger partial charge in [0.1, 0.15) is 0 Å². The molecule has 1 heterocycles. The Bertz CT molecular complexity index is 488. The minimum atomic E-state index is -3.02. The van der Waals surface area contributed by atoms with Gasteiger partial charge in [0.05, 0.1) is 11.0 Å². The van der Waals surface area contributed by atoms with Crippen LogP contribution in [0.3, 0.4) is 0 Å². The summed E-state index contributed by atoms with van der Waals surface area (Å²) in [6.07, 6.45) is 2.49. The Balaban J connectivity index is 2.10. The van der Waals surface area contributed by atoms with E-state index in [9.17, 15) is 8.42 Å². The van der Waals surface area contributed by atoms with Crippen LogP contribution in [0.5, 0.6) is 0 Å². The molecule has 100 valence electrons. The van der Waals surface area contributed by atoms with Crippen LogP contribution in [-0.2, 0) is 15.6 Å². The smallest absolute Gasteiger partial charge is 0.157 e. The van der Waals surface area contributed by atoms with Crippen molar-refractivity contribution in [1.29, 1.82) is 0 Å². The predicted molar refractivity (Wildman–Crippen MR) is 74.3 cm³/mol. The molecule has 1 aliphatic rings. The maximum Gasteiger partial charge on any atom is 0.157 e. The maximum atomic E-state index is 12.4. The maximum absolute atomic E-state index is 12.4. The third-order valence-electron chi connectivity index (χ3n) is 3.48. The van der Waals surface area contributed by atoms with E-state index in [1.807, 2.05) is 31.2 Å². The summed E-state index contributed by atoms with van der Waals surface area (Å²) in [5.74, 6) is 0.180. The molecule has 0 aliphatic carbocycles. The number of hydrogen-bond donors (Lipinski definition) is 1. The zero-order valence-electron chi connectivity index (χ0n) is 10.9. The van der Waals surface area contributed by atoms with Crippen LogP contribution in [0.2, 0.25) is 0 Å². The summed E-state index contributed by atoms with van der Waals surface area (Å²) in [7, 11) is -3.02. The van der Waals surface area contributed by atoms with E-state index >= 15 is 0 Å². The second-order valence-electron chi connectivity index (χ2n) is 5.10. The van der Waals surface area contributed by atoms with Gasteiger partial charge in [-0.2, -0.15) is 0 Å². The van der Waals surface area contributed by atoms with E-state index in [2.05, 4.69) is 5.32 Å². The Kier molecular flexibility index (Phi) is 4.40. The molecule has 0 spiro atoms. The molecule has 1 aromatic rings. The zero-order valence-corrected chi connectivity index (χ0v) is 11.7. The highest BCUT2D eigenvalue weighted by atomic mass is 32.2. The van der Waals surface area contributed by atoms with Gasteiger partial charge in [-0.05, 0) is 44.8 Å². The quantitative estimate of drug-likeness (QED) is 0.911. The average molecular weight is 267 g/mol. The molecule has 1 saturated heterocycles. The molecule has 0 aromatic heterocycles. The van der Waals surface area contributed by atoms with Gasteiger partial charge >= 0.3 is 0 Å². The molecule has 1 atom stereocenters. The SMILES string of the molecule is Cc1cccc(CS(=O)(=O)C2CCCNCC2)c1. The Morgan fingerprint density at radius 2 is 2.11 bits per heavy atom. The molecule has 1 fully saturated rings. The van der Waals surface area contributed by atoms with Gasteiger partial charge in [0.15, 0.2) is 9.84 Å². The van der Waals surface area contributed by atoms with Gasteiger partial charge in [0, 0.05) is 0 Å². The van der Waals surface area contributed by atoms with Crippen molar-refractivity contribution in [3.8, 4) is 0 Å². The van der Waals surface area contributed by atoms with Crippen LogP contribution in [0.4, 0.5) is 0 Å². The lowest BCUT2D eigenvalue weighted by molar-refractivity contribution is 0.565. The minimum Gasteiger partial charge on any atom is -0.317 e. The van der Waals surface area contributed by atoms with Gasteiger partial charge in [-0.1, -0.05) is 29.8 Å². The fourth-order valence-corrected chi connectivity index (χ4v) is 4.38. The third-order valence-corrected chi connectivity index (χ3v) is 5.70. The predicted octanol–water partition coefficient (Wildman–Crippen LogP) is 2.05. The van der Waals surface area contributed by atoms with E-state index in [1.54, 1.807) is 0 Å². The molecular weight excluding hydrogens is 246 g/mol. The lowest BCUT2D eigenvalue weighted by Crippen LogP contribution is -2.24. The van der Waals surface area contributed by atoms with Crippen molar-refractivity contribution in [2.24, 2.45) is 0 Å². The number of hydrogen-bond acceptors (Lipinski definition) is 3. The fourth-order valence-electron chi connectivity index (χ4n) is 2.50. The van der Waals surface area contributed by atoms with E-state index in [4.69, 9.17) is 0 Å². The van der Waals surface area contributed by atoms with Crippen molar-refractivity contribution in [1.82, 2.24) is 5.32 Å². The van der Waals surface area contributed by atoms with Crippen LogP contribution >= 0.6 is 0 Å². The van der Waals surface area contributed by atoms with E-state index < -0.39 is 9.84 Å². The molecule has 0 bridgehead atoms. The summed E-state index contributed by atoms with van der Waals surface area (Å²) < 4.78 is 24.8. The van der Waals surface area contributed by atoms with Crippen LogP contribution in [0.15, 0.2) is 24.3 Å². The molecule has 3 nitrogen and oxygen atoms in total. The summed E-state index contributed by atoms with van der Waals surface area (Å²) in [5, 5.41) is 3.08. The Hall–Kier alpha value is -0.870. The topological polar surface area (TPSA) is 46.2 Å². The first-order valence-corrected chi connectivity index (χ1v) is 8.27. The van der Waals surface area contributed by atoms with Gasteiger partial charge in [0.25, 0.3) is 0 Å². The summed E-state index contributed by atoms with van der Waals surface area (Å²) in [6.45, 7) is 3.75. The second kappa shape index (κ2) is 5.85. The number of aryl methyl sites for hydroxylation is 1. The summed E-state index contributed by atoms with van der Waals surface area (Å²) in [5.41, 5.74) is 2.03. The minimum absolute atomic E-state index is 0.173. The molecular formula is C14H21NO2S. The number of rotatable bonds is 3. The molecule has 1 unspecified atom stereocenters. The van der Waals surface area contributed by atoms with Crippen molar-refractivity contribution < 1.29 is 8.42 Å². The first-order chi connectivity index (χ1) is 8.58. The highest BCUT2D eigenvalue weighted by Gasteiger charge is 2.26. The molecule has 1 aromatic carbocycles. The molecule has 1 N–H and O–H groups in total. The van der Waals surface area contributed by atoms with Crippen LogP contribution in [0, 0.1) is 6.92 Å². The third kappa shape index (κ3) is 3.56. The van der Waals surface area contributed by atoms with Gasteiger partial charge in [0.2, 0.25) is 0 Å². The molecule has 18 heavy (non-hydrogen) atoms. The van der Waals surface area contributed by atoms with E-state index in [-0.39, 0.29) is 11.0 Å². The lowest BCUT2D eigenvalue weighted by atomic mass is 10.2. The van der Waals surface area contributed by atoms with E-state index in [0.717, 1.165) is 43.5 Å². The van der Waals surface area contributed by atoms with Gasteiger partial charge in [-0.3, -0.25) is 0 Å².